The zero-order valence-electron chi connectivity index (χ0n) is 17.2. The van der Waals surface area contributed by atoms with Crippen molar-refractivity contribution in [1.82, 2.24) is 19.8 Å². The molecule has 6 heteroatoms. The molecule has 152 valence electrons. The van der Waals surface area contributed by atoms with Gasteiger partial charge in [0.25, 0.3) is 0 Å². The molecule has 2 fully saturated rings. The van der Waals surface area contributed by atoms with Crippen molar-refractivity contribution in [3.8, 4) is 10.4 Å². The fourth-order valence-corrected chi connectivity index (χ4v) is 5.78. The van der Waals surface area contributed by atoms with Gasteiger partial charge in [0, 0.05) is 44.1 Å². The topological polar surface area (TPSA) is 35.5 Å². The van der Waals surface area contributed by atoms with E-state index in [2.05, 4.69) is 56.9 Å². The van der Waals surface area contributed by atoms with E-state index in [1.54, 1.807) is 17.7 Å². The van der Waals surface area contributed by atoms with Gasteiger partial charge >= 0.3 is 0 Å². The smallest absolute Gasteiger partial charge is 0.141 e. The summed E-state index contributed by atoms with van der Waals surface area (Å²) in [4.78, 5) is 19.4. The number of nitrogens with zero attached hydrogens (tertiary/aromatic N) is 5. The van der Waals surface area contributed by atoms with Gasteiger partial charge < -0.3 is 9.80 Å². The molecule has 0 aliphatic carbocycles. The molecule has 5 nitrogen and oxygen atoms in total. The van der Waals surface area contributed by atoms with Crippen molar-refractivity contribution in [3.05, 3.63) is 42.2 Å². The van der Waals surface area contributed by atoms with E-state index < -0.39 is 0 Å². The fraction of sp³-hybridized carbons (Fsp3) is 0.478. The van der Waals surface area contributed by atoms with E-state index >= 15 is 0 Å². The minimum absolute atomic E-state index is 1.04. The van der Waals surface area contributed by atoms with E-state index in [0.29, 0.717) is 0 Å². The van der Waals surface area contributed by atoms with Crippen LogP contribution in [0.4, 0.5) is 5.82 Å². The summed E-state index contributed by atoms with van der Waals surface area (Å²) in [7, 11) is 0. The largest absolute Gasteiger partial charge is 0.353 e. The van der Waals surface area contributed by atoms with Crippen LogP contribution in [0.5, 0.6) is 0 Å². The first kappa shape index (κ1) is 19.0. The summed E-state index contributed by atoms with van der Waals surface area (Å²) in [5, 5.41) is 1.24. The van der Waals surface area contributed by atoms with E-state index in [9.17, 15) is 0 Å². The highest BCUT2D eigenvalue weighted by atomic mass is 32.1. The highest BCUT2D eigenvalue weighted by Gasteiger charge is 2.23. The summed E-state index contributed by atoms with van der Waals surface area (Å²) in [6.07, 6.45) is 4.49. The van der Waals surface area contributed by atoms with Crippen LogP contribution in [-0.2, 0) is 0 Å². The average molecular weight is 408 g/mol. The molecule has 0 bridgehead atoms. The zero-order valence-corrected chi connectivity index (χ0v) is 18.0. The Bertz CT molecular complexity index is 956. The first-order valence-electron chi connectivity index (χ1n) is 10.8. The Kier molecular flexibility index (Phi) is 5.48. The summed E-state index contributed by atoms with van der Waals surface area (Å²) < 4.78 is 0. The predicted molar refractivity (Wildman–Crippen MR) is 122 cm³/mol. The lowest BCUT2D eigenvalue weighted by molar-refractivity contribution is 0.215. The van der Waals surface area contributed by atoms with E-state index in [-0.39, 0.29) is 0 Å². The van der Waals surface area contributed by atoms with Gasteiger partial charge in [0.1, 0.15) is 17.0 Å². The summed E-state index contributed by atoms with van der Waals surface area (Å²) in [6, 6.07) is 10.6. The second-order valence-electron chi connectivity index (χ2n) is 8.18. The van der Waals surface area contributed by atoms with Crippen LogP contribution in [0.25, 0.3) is 20.7 Å². The van der Waals surface area contributed by atoms with Crippen LogP contribution < -0.4 is 4.90 Å². The predicted octanol–water partition coefficient (Wildman–Crippen LogP) is 3.88. The molecule has 29 heavy (non-hydrogen) atoms. The molecule has 2 saturated heterocycles. The summed E-state index contributed by atoms with van der Waals surface area (Å²) in [5.41, 5.74) is 2.58. The van der Waals surface area contributed by atoms with Crippen molar-refractivity contribution in [3.63, 3.8) is 0 Å². The number of fused-ring (bicyclic) bond motifs is 1. The second kappa shape index (κ2) is 8.38. The van der Waals surface area contributed by atoms with Gasteiger partial charge in [-0.3, -0.25) is 4.90 Å². The molecule has 0 amide bonds. The number of benzene rings is 1. The first-order chi connectivity index (χ1) is 14.3. The monoisotopic (exact) mass is 407 g/mol. The number of aromatic nitrogens is 2. The molecule has 2 aliphatic heterocycles. The van der Waals surface area contributed by atoms with Crippen molar-refractivity contribution in [2.45, 2.75) is 19.8 Å². The molecule has 0 unspecified atom stereocenters. The maximum absolute atomic E-state index is 4.73. The normalized spacial score (nSPS) is 18.7. The van der Waals surface area contributed by atoms with Gasteiger partial charge in [-0.25, -0.2) is 9.97 Å². The third-order valence-electron chi connectivity index (χ3n) is 6.35. The first-order valence-corrected chi connectivity index (χ1v) is 11.6. The maximum Gasteiger partial charge on any atom is 0.141 e. The Morgan fingerprint density at radius 3 is 2.28 bits per heavy atom. The van der Waals surface area contributed by atoms with Gasteiger partial charge in [0.05, 0.1) is 5.39 Å². The number of hydrogen-bond acceptors (Lipinski definition) is 6. The highest BCUT2D eigenvalue weighted by Crippen LogP contribution is 2.40. The standard InChI is InChI=1S/C23H29N5S/c1-18-20-22(24-17-25-23(20)29-21(18)19-7-3-2-4-8-19)28-15-13-27(14-16-28)12-11-26-9-5-6-10-26/h2-4,7-8,17H,5-6,9-16H2,1H3. The van der Waals surface area contributed by atoms with Crippen LogP contribution in [0.3, 0.4) is 0 Å². The number of thiophene rings is 1. The van der Waals surface area contributed by atoms with Crippen LogP contribution in [0, 0.1) is 6.92 Å². The molecule has 1 aromatic carbocycles. The molecule has 0 radical (unpaired) electrons. The molecule has 4 heterocycles. The SMILES string of the molecule is Cc1c(-c2ccccc2)sc2ncnc(N3CCN(CCN4CCCC4)CC3)c12. The third-order valence-corrected chi connectivity index (χ3v) is 7.59. The van der Waals surface area contributed by atoms with Crippen molar-refractivity contribution in [1.29, 1.82) is 0 Å². The van der Waals surface area contributed by atoms with Crippen LogP contribution in [-0.4, -0.2) is 72.1 Å². The molecule has 3 aromatic rings. The minimum Gasteiger partial charge on any atom is -0.353 e. The maximum atomic E-state index is 4.73. The third kappa shape index (κ3) is 3.89. The van der Waals surface area contributed by atoms with Crippen LogP contribution in [0.15, 0.2) is 36.7 Å². The number of anilines is 1. The summed E-state index contributed by atoms with van der Waals surface area (Å²) in [5.74, 6) is 1.12. The van der Waals surface area contributed by atoms with Gasteiger partial charge in [-0.15, -0.1) is 11.3 Å². The molecular formula is C23H29N5S. The van der Waals surface area contributed by atoms with Gasteiger partial charge in [-0.1, -0.05) is 30.3 Å². The minimum atomic E-state index is 1.04. The molecule has 0 spiro atoms. The molecular weight excluding hydrogens is 378 g/mol. The number of aryl methyl sites for hydroxylation is 1. The Morgan fingerprint density at radius 1 is 0.862 bits per heavy atom. The van der Waals surface area contributed by atoms with Crippen LogP contribution >= 0.6 is 11.3 Å². The molecule has 2 aliphatic rings. The number of likely N-dealkylation sites (tertiary alicyclic amines) is 1. The van der Waals surface area contributed by atoms with Crippen molar-refractivity contribution >= 4 is 27.4 Å². The van der Waals surface area contributed by atoms with Crippen LogP contribution in [0.2, 0.25) is 0 Å². The lowest BCUT2D eigenvalue weighted by Crippen LogP contribution is -2.48. The Balaban J connectivity index is 1.32. The quantitative estimate of drug-likeness (QED) is 0.641. The Morgan fingerprint density at radius 2 is 1.55 bits per heavy atom. The summed E-state index contributed by atoms with van der Waals surface area (Å²) >= 11 is 1.78. The van der Waals surface area contributed by atoms with E-state index in [4.69, 9.17) is 4.98 Å². The number of hydrogen-bond donors (Lipinski definition) is 0. The van der Waals surface area contributed by atoms with E-state index in [0.717, 1.165) is 36.8 Å². The van der Waals surface area contributed by atoms with Gasteiger partial charge in [-0.2, -0.15) is 0 Å². The number of rotatable bonds is 5. The van der Waals surface area contributed by atoms with Gasteiger partial charge in [-0.05, 0) is 44.0 Å². The Labute approximate surface area is 177 Å². The van der Waals surface area contributed by atoms with Crippen LogP contribution in [0.1, 0.15) is 18.4 Å². The van der Waals surface area contributed by atoms with Crippen molar-refractivity contribution < 1.29 is 0 Å². The average Bonchev–Trinajstić information content (AvgIpc) is 3.41. The van der Waals surface area contributed by atoms with E-state index in [1.165, 1.54) is 60.4 Å². The molecule has 2 aromatic heterocycles. The molecule has 0 saturated carbocycles. The lowest BCUT2D eigenvalue weighted by atomic mass is 10.1. The zero-order chi connectivity index (χ0) is 19.6. The molecule has 5 rings (SSSR count). The molecule has 0 atom stereocenters. The highest BCUT2D eigenvalue weighted by molar-refractivity contribution is 7.22. The van der Waals surface area contributed by atoms with Crippen molar-refractivity contribution in [2.24, 2.45) is 0 Å². The number of piperazine rings is 1. The van der Waals surface area contributed by atoms with Gasteiger partial charge in [0.2, 0.25) is 0 Å². The fourth-order valence-electron chi connectivity index (χ4n) is 4.63. The summed E-state index contributed by atoms with van der Waals surface area (Å²) in [6.45, 7) is 11.6. The lowest BCUT2D eigenvalue weighted by Gasteiger charge is -2.36. The molecule has 0 N–H and O–H groups in total. The van der Waals surface area contributed by atoms with E-state index in [1.807, 2.05) is 0 Å². The second-order valence-corrected chi connectivity index (χ2v) is 9.18. The Hall–Kier alpha value is -2.02. The van der Waals surface area contributed by atoms with Crippen molar-refractivity contribution in [2.75, 3.05) is 57.3 Å². The van der Waals surface area contributed by atoms with Gasteiger partial charge in [0.15, 0.2) is 0 Å².